The average molecular weight is 633 g/mol. The summed E-state index contributed by atoms with van der Waals surface area (Å²) < 4.78 is 0. The third kappa shape index (κ3) is 11.5. The summed E-state index contributed by atoms with van der Waals surface area (Å²) in [6.07, 6.45) is 20.5. The molecule has 0 aromatic carbocycles. The zero-order chi connectivity index (χ0) is 33.6. The van der Waals surface area contributed by atoms with Crippen molar-refractivity contribution in [3.8, 4) is 0 Å². The maximum atomic E-state index is 10.2. The van der Waals surface area contributed by atoms with Crippen molar-refractivity contribution in [3.05, 3.63) is 11.6 Å². The van der Waals surface area contributed by atoms with E-state index in [1.54, 1.807) is 5.57 Å². The van der Waals surface area contributed by atoms with Crippen LogP contribution in [0.3, 0.4) is 0 Å². The first-order valence-corrected chi connectivity index (χ1v) is 18.2. The van der Waals surface area contributed by atoms with E-state index in [4.69, 9.17) is 33.8 Å². The molecule has 0 bridgehead atoms. The third-order valence-electron chi connectivity index (χ3n) is 11.9. The van der Waals surface area contributed by atoms with Crippen LogP contribution in [0, 0.1) is 57.2 Å². The third-order valence-corrected chi connectivity index (χ3v) is 11.9. The number of guanidine groups is 2. The van der Waals surface area contributed by atoms with E-state index in [0.717, 1.165) is 87.4 Å². The SMILES string of the molecule is CC(C)CCCC(C)[C@H]1CC[C@H]2[C@@H]3CC=C4C[C@@H](O)CC[C@]4(C)[C@H]3CC[C@]12C.N=C(N)NC(=N)N.NCCCCNCCCN. The lowest BCUT2D eigenvalue weighted by Gasteiger charge is -2.58. The van der Waals surface area contributed by atoms with Crippen LogP contribution in [-0.4, -0.2) is 49.3 Å². The van der Waals surface area contributed by atoms with Crippen LogP contribution in [0.1, 0.15) is 125 Å². The Balaban J connectivity index is 0.000000343. The average Bonchev–Trinajstić information content (AvgIpc) is 3.32. The molecule has 0 aromatic heterocycles. The number of nitrogens with one attached hydrogen (secondary N) is 4. The maximum absolute atomic E-state index is 10.2. The number of fused-ring (bicyclic) bond motifs is 5. The van der Waals surface area contributed by atoms with Gasteiger partial charge in [-0.25, -0.2) is 0 Å². The van der Waals surface area contributed by atoms with Crippen molar-refractivity contribution in [2.24, 2.45) is 69.3 Å². The normalized spacial score (nSPS) is 32.4. The number of aliphatic hydroxyl groups excluding tert-OH is 1. The summed E-state index contributed by atoms with van der Waals surface area (Å²) in [6, 6.07) is 0. The summed E-state index contributed by atoms with van der Waals surface area (Å²) in [6.45, 7) is 16.3. The minimum Gasteiger partial charge on any atom is -0.393 e. The molecule has 9 nitrogen and oxygen atoms in total. The maximum Gasteiger partial charge on any atom is 0.192 e. The van der Waals surface area contributed by atoms with Crippen molar-refractivity contribution in [1.29, 1.82) is 10.8 Å². The lowest BCUT2D eigenvalue weighted by Crippen LogP contribution is -2.50. The van der Waals surface area contributed by atoms with Crippen molar-refractivity contribution in [1.82, 2.24) is 10.6 Å². The molecule has 45 heavy (non-hydrogen) atoms. The number of unbranched alkanes of at least 4 members (excludes halogenated alkanes) is 1. The van der Waals surface area contributed by atoms with E-state index in [1.807, 2.05) is 5.32 Å². The van der Waals surface area contributed by atoms with Gasteiger partial charge in [0.15, 0.2) is 11.9 Å². The Hall–Kier alpha value is -1.68. The predicted octanol–water partition coefficient (Wildman–Crippen LogP) is 5.42. The molecule has 13 N–H and O–H groups in total. The van der Waals surface area contributed by atoms with Crippen LogP contribution in [0.2, 0.25) is 0 Å². The number of aliphatic hydroxyl groups is 1. The van der Waals surface area contributed by atoms with Gasteiger partial charge >= 0.3 is 0 Å². The molecule has 8 atom stereocenters. The molecule has 1 unspecified atom stereocenters. The summed E-state index contributed by atoms with van der Waals surface area (Å²) in [7, 11) is 0. The molecule has 3 saturated carbocycles. The first-order chi connectivity index (χ1) is 21.3. The molecule has 0 radical (unpaired) electrons. The molecule has 0 amide bonds. The van der Waals surface area contributed by atoms with Crippen molar-refractivity contribution >= 4 is 11.9 Å². The van der Waals surface area contributed by atoms with Crippen LogP contribution in [0.15, 0.2) is 11.6 Å². The highest BCUT2D eigenvalue weighted by Gasteiger charge is 2.59. The van der Waals surface area contributed by atoms with Crippen molar-refractivity contribution in [2.45, 2.75) is 131 Å². The summed E-state index contributed by atoms with van der Waals surface area (Å²) in [4.78, 5) is 0. The van der Waals surface area contributed by atoms with Gasteiger partial charge in [-0.3, -0.25) is 16.1 Å². The van der Waals surface area contributed by atoms with Gasteiger partial charge in [0.1, 0.15) is 0 Å². The van der Waals surface area contributed by atoms with E-state index in [0.29, 0.717) is 10.8 Å². The monoisotopic (exact) mass is 633 g/mol. The zero-order valence-electron chi connectivity index (χ0n) is 29.6. The van der Waals surface area contributed by atoms with Gasteiger partial charge in [-0.1, -0.05) is 65.5 Å². The molecule has 0 aromatic rings. The van der Waals surface area contributed by atoms with Crippen molar-refractivity contribution < 1.29 is 5.11 Å². The largest absolute Gasteiger partial charge is 0.393 e. The van der Waals surface area contributed by atoms with Crippen molar-refractivity contribution in [3.63, 3.8) is 0 Å². The second-order valence-corrected chi connectivity index (χ2v) is 15.5. The van der Waals surface area contributed by atoms with E-state index >= 15 is 0 Å². The Bertz CT molecular complexity index is 905. The smallest absolute Gasteiger partial charge is 0.192 e. The highest BCUT2D eigenvalue weighted by molar-refractivity contribution is 5.93. The first kappa shape index (κ1) is 39.5. The highest BCUT2D eigenvalue weighted by atomic mass is 16.3. The Labute approximate surface area is 275 Å². The predicted molar refractivity (Wildman–Crippen MR) is 191 cm³/mol. The lowest BCUT2D eigenvalue weighted by molar-refractivity contribution is -0.0573. The molecule has 4 aliphatic rings. The number of hydrogen-bond acceptors (Lipinski definition) is 6. The van der Waals surface area contributed by atoms with Crippen molar-refractivity contribution in [2.75, 3.05) is 26.2 Å². The van der Waals surface area contributed by atoms with Gasteiger partial charge in [-0.2, -0.15) is 0 Å². The van der Waals surface area contributed by atoms with Gasteiger partial charge in [-0.05, 0) is 143 Å². The van der Waals surface area contributed by atoms with E-state index < -0.39 is 0 Å². The summed E-state index contributed by atoms with van der Waals surface area (Å²) in [5.74, 6) is 4.83. The van der Waals surface area contributed by atoms with Gasteiger partial charge in [0.05, 0.1) is 6.10 Å². The zero-order valence-corrected chi connectivity index (χ0v) is 29.6. The number of hydrogen-bond donors (Lipinski definition) is 9. The fraction of sp³-hybridized carbons (Fsp3) is 0.889. The lowest BCUT2D eigenvalue weighted by atomic mass is 9.47. The summed E-state index contributed by atoms with van der Waals surface area (Å²) >= 11 is 0. The molecule has 0 aliphatic heterocycles. The van der Waals surface area contributed by atoms with E-state index in [1.165, 1.54) is 64.2 Å². The molecule has 9 heteroatoms. The quantitative estimate of drug-likeness (QED) is 0.0593. The second-order valence-electron chi connectivity index (χ2n) is 15.5. The summed E-state index contributed by atoms with van der Waals surface area (Å²) in [5.41, 5.74) is 22.7. The van der Waals surface area contributed by atoms with Gasteiger partial charge in [0.2, 0.25) is 0 Å². The van der Waals surface area contributed by atoms with Gasteiger partial charge in [0, 0.05) is 0 Å². The molecular weight excluding hydrogens is 560 g/mol. The van der Waals surface area contributed by atoms with Crippen LogP contribution < -0.4 is 33.6 Å². The van der Waals surface area contributed by atoms with E-state index in [-0.39, 0.29) is 18.0 Å². The second kappa shape index (κ2) is 19.2. The highest BCUT2D eigenvalue weighted by Crippen LogP contribution is 2.67. The molecule has 0 spiro atoms. The van der Waals surface area contributed by atoms with Crippen LogP contribution in [0.5, 0.6) is 0 Å². The fourth-order valence-corrected chi connectivity index (χ4v) is 9.56. The molecule has 4 aliphatic carbocycles. The molecule has 0 heterocycles. The van der Waals surface area contributed by atoms with E-state index in [2.05, 4.69) is 46.0 Å². The van der Waals surface area contributed by atoms with Gasteiger partial charge in [-0.15, -0.1) is 0 Å². The van der Waals surface area contributed by atoms with Crippen LogP contribution in [0.25, 0.3) is 0 Å². The number of nitrogens with two attached hydrogens (primary N) is 4. The van der Waals surface area contributed by atoms with E-state index in [9.17, 15) is 5.11 Å². The molecule has 262 valence electrons. The molecule has 4 rings (SSSR count). The minimum absolute atomic E-state index is 0.0766. The number of rotatable bonds is 12. The first-order valence-electron chi connectivity index (χ1n) is 18.2. The molecular formula is C36H72N8O. The van der Waals surface area contributed by atoms with Crippen LogP contribution in [-0.2, 0) is 0 Å². The van der Waals surface area contributed by atoms with Crippen LogP contribution in [0.4, 0.5) is 0 Å². The Morgan fingerprint density at radius 2 is 1.56 bits per heavy atom. The fourth-order valence-electron chi connectivity index (χ4n) is 9.56. The molecule has 0 saturated heterocycles. The summed E-state index contributed by atoms with van der Waals surface area (Å²) in [5, 5.41) is 28.5. The number of allylic oxidation sites excluding steroid dienone is 1. The topological polar surface area (TPSA) is 196 Å². The molecule has 3 fully saturated rings. The standard InChI is InChI=1S/C27H46O.C7H19N3.C2H7N5/c1-18(2)7-6-8-19(3)23-11-12-24-22-10-9-20-17-21(28)13-15-26(20,4)25(22)14-16-27(23,24)5;8-4-1-2-6-10-7-3-5-9;3-1(4)7-2(5)6/h9,18-19,21-25,28H,6-8,10-17H2,1-5H3;10H,1-9H2;(H7,3,4,5,6,7)/t19?,21-,22-,23+,24-,25-,26-,27+;;/m0../s1. The Morgan fingerprint density at radius 3 is 2.16 bits per heavy atom. The minimum atomic E-state index is -0.312. The Kier molecular flexibility index (Phi) is 16.9. The Morgan fingerprint density at radius 1 is 0.889 bits per heavy atom. The van der Waals surface area contributed by atoms with Gasteiger partial charge < -0.3 is 33.4 Å². The van der Waals surface area contributed by atoms with Crippen LogP contribution >= 0.6 is 0 Å². The van der Waals surface area contributed by atoms with Gasteiger partial charge in [0.25, 0.3) is 0 Å².